The van der Waals surface area contributed by atoms with Crippen molar-refractivity contribution in [2.24, 2.45) is 11.5 Å². The minimum Gasteiger partial charge on any atom is -0.480 e. The fraction of sp³-hybridized carbons (Fsp3) is 0.333. The summed E-state index contributed by atoms with van der Waals surface area (Å²) in [6.07, 6.45) is 0.254. The molecule has 0 aliphatic rings. The van der Waals surface area contributed by atoms with Crippen molar-refractivity contribution in [1.82, 2.24) is 10.6 Å². The Kier molecular flexibility index (Phi) is 12.3. The summed E-state index contributed by atoms with van der Waals surface area (Å²) in [6, 6.07) is 13.7. The van der Waals surface area contributed by atoms with Crippen molar-refractivity contribution in [3.05, 3.63) is 71.8 Å². The van der Waals surface area contributed by atoms with Gasteiger partial charge in [-0.15, -0.1) is 0 Å². The quantitative estimate of drug-likeness (QED) is 0.140. The van der Waals surface area contributed by atoms with Crippen molar-refractivity contribution < 1.29 is 29.4 Å². The van der Waals surface area contributed by atoms with Crippen LogP contribution in [0.3, 0.4) is 0 Å². The molecule has 0 aliphatic carbocycles. The van der Waals surface area contributed by atoms with Gasteiger partial charge in [-0.1, -0.05) is 82.3 Å². The van der Waals surface area contributed by atoms with Crippen LogP contribution in [0, 0.1) is 0 Å². The van der Waals surface area contributed by atoms with Crippen LogP contribution >= 0.6 is 21.6 Å². The molecule has 12 heteroatoms. The highest BCUT2D eigenvalue weighted by molar-refractivity contribution is 8.76. The van der Waals surface area contributed by atoms with Gasteiger partial charge in [0.2, 0.25) is 11.8 Å². The lowest BCUT2D eigenvalue weighted by atomic mass is 10.1. The van der Waals surface area contributed by atoms with Crippen LogP contribution in [-0.2, 0) is 32.0 Å². The van der Waals surface area contributed by atoms with Crippen LogP contribution in [0.2, 0.25) is 0 Å². The normalized spacial score (nSPS) is 14.2. The zero-order valence-corrected chi connectivity index (χ0v) is 21.0. The predicted octanol–water partition coefficient (Wildman–Crippen LogP) is 0.647. The molecule has 2 aromatic rings. The van der Waals surface area contributed by atoms with Crippen molar-refractivity contribution in [3.8, 4) is 0 Å². The fourth-order valence-electron chi connectivity index (χ4n) is 3.05. The van der Waals surface area contributed by atoms with Crippen LogP contribution < -0.4 is 22.1 Å². The van der Waals surface area contributed by atoms with E-state index in [4.69, 9.17) is 11.5 Å². The average Bonchev–Trinajstić information content (AvgIpc) is 2.86. The van der Waals surface area contributed by atoms with Crippen molar-refractivity contribution in [2.75, 3.05) is 11.5 Å². The number of amides is 2. The number of benzene rings is 2. The second kappa shape index (κ2) is 15.1. The van der Waals surface area contributed by atoms with Crippen molar-refractivity contribution in [2.45, 2.75) is 37.0 Å². The van der Waals surface area contributed by atoms with Crippen LogP contribution in [0.5, 0.6) is 0 Å². The van der Waals surface area contributed by atoms with Crippen LogP contribution in [-0.4, -0.2) is 69.6 Å². The number of nitrogens with two attached hydrogens (primary N) is 2. The second-order valence-electron chi connectivity index (χ2n) is 7.96. The van der Waals surface area contributed by atoms with Gasteiger partial charge in [-0.3, -0.25) is 9.59 Å². The molecular formula is C24H30N4O6S2. The van der Waals surface area contributed by atoms with Gasteiger partial charge in [-0.25, -0.2) is 9.59 Å². The summed E-state index contributed by atoms with van der Waals surface area (Å²) >= 11 is 0. The summed E-state index contributed by atoms with van der Waals surface area (Å²) in [7, 11) is 2.42. The number of carboxylic acids is 2. The number of nitrogens with one attached hydrogen (secondary N) is 2. The first-order valence-corrected chi connectivity index (χ1v) is 13.6. The SMILES string of the molecule is N[C@H](CSSC[C@H](N)C(=O)N[C@@H](Cc1ccccc1)C(=O)O)C(=O)N[C@@H](Cc1ccccc1)C(=O)O. The van der Waals surface area contributed by atoms with Gasteiger partial charge in [0.25, 0.3) is 0 Å². The lowest BCUT2D eigenvalue weighted by molar-refractivity contribution is -0.142. The molecule has 2 aromatic carbocycles. The van der Waals surface area contributed by atoms with Crippen LogP contribution in [0.25, 0.3) is 0 Å². The Morgan fingerprint density at radius 3 is 1.31 bits per heavy atom. The standard InChI is InChI=1S/C24H30N4O6S2/c25-17(21(29)27-19(23(31)32)11-15-7-3-1-4-8-15)13-35-36-14-18(26)22(30)28-20(24(33)34)12-16-9-5-2-6-10-16/h1-10,17-20H,11-14,25-26H2,(H,27,29)(H,28,30)(H,31,32)(H,33,34)/t17-,18+,19-,20-/m0/s1. The molecule has 0 aliphatic heterocycles. The molecule has 2 amide bonds. The van der Waals surface area contributed by atoms with E-state index in [9.17, 15) is 29.4 Å². The first-order chi connectivity index (χ1) is 17.2. The van der Waals surface area contributed by atoms with E-state index in [1.54, 1.807) is 48.5 Å². The lowest BCUT2D eigenvalue weighted by Gasteiger charge is -2.19. The zero-order chi connectivity index (χ0) is 26.5. The number of hydrogen-bond acceptors (Lipinski definition) is 8. The highest BCUT2D eigenvalue weighted by atomic mass is 33.1. The van der Waals surface area contributed by atoms with Crippen LogP contribution in [0.4, 0.5) is 0 Å². The molecule has 0 radical (unpaired) electrons. The molecule has 10 nitrogen and oxygen atoms in total. The molecular weight excluding hydrogens is 504 g/mol. The summed E-state index contributed by atoms with van der Waals surface area (Å²) in [5.41, 5.74) is 13.3. The summed E-state index contributed by atoms with van der Waals surface area (Å²) in [5, 5.41) is 23.7. The Morgan fingerprint density at radius 1 is 0.667 bits per heavy atom. The van der Waals surface area contributed by atoms with Gasteiger partial charge in [0.15, 0.2) is 0 Å². The monoisotopic (exact) mass is 534 g/mol. The molecule has 4 atom stereocenters. The maximum atomic E-state index is 12.4. The molecule has 0 fully saturated rings. The maximum absolute atomic E-state index is 12.4. The third-order valence-electron chi connectivity index (χ3n) is 5.05. The first kappa shape index (κ1) is 29.2. The van der Waals surface area contributed by atoms with E-state index >= 15 is 0 Å². The van der Waals surface area contributed by atoms with E-state index < -0.39 is 47.9 Å². The number of aliphatic carboxylic acids is 2. The molecule has 0 bridgehead atoms. The minimum atomic E-state index is -1.16. The van der Waals surface area contributed by atoms with E-state index in [1.165, 1.54) is 21.6 Å². The largest absolute Gasteiger partial charge is 0.480 e. The maximum Gasteiger partial charge on any atom is 0.326 e. The fourth-order valence-corrected chi connectivity index (χ4v) is 5.30. The molecule has 0 saturated heterocycles. The number of hydrogen-bond donors (Lipinski definition) is 6. The minimum absolute atomic E-state index is 0.127. The number of carboxylic acid groups (broad SMARTS) is 2. The Bertz CT molecular complexity index is 931. The molecule has 0 unspecified atom stereocenters. The van der Waals surface area contributed by atoms with E-state index in [0.717, 1.165) is 11.1 Å². The smallest absolute Gasteiger partial charge is 0.326 e. The van der Waals surface area contributed by atoms with Crippen molar-refractivity contribution >= 4 is 45.3 Å². The molecule has 0 aromatic heterocycles. The Hall–Kier alpha value is -3.06. The molecule has 36 heavy (non-hydrogen) atoms. The van der Waals surface area contributed by atoms with Crippen LogP contribution in [0.1, 0.15) is 11.1 Å². The molecule has 2 rings (SSSR count). The summed E-state index contributed by atoms with van der Waals surface area (Å²) in [6.45, 7) is 0. The number of rotatable bonds is 15. The summed E-state index contributed by atoms with van der Waals surface area (Å²) in [5.74, 6) is -3.20. The van der Waals surface area contributed by atoms with Gasteiger partial charge in [-0.2, -0.15) is 0 Å². The van der Waals surface area contributed by atoms with Gasteiger partial charge in [0, 0.05) is 24.3 Å². The van der Waals surface area contributed by atoms with Gasteiger partial charge < -0.3 is 32.3 Å². The van der Waals surface area contributed by atoms with E-state index in [2.05, 4.69) is 10.6 Å². The third-order valence-corrected chi connectivity index (χ3v) is 7.52. The Morgan fingerprint density at radius 2 is 1.00 bits per heavy atom. The van der Waals surface area contributed by atoms with E-state index in [1.807, 2.05) is 12.1 Å². The molecule has 194 valence electrons. The Balaban J connectivity index is 1.74. The van der Waals surface area contributed by atoms with Crippen molar-refractivity contribution in [1.29, 1.82) is 0 Å². The van der Waals surface area contributed by atoms with Gasteiger partial charge in [0.05, 0.1) is 12.1 Å². The Labute approximate surface area is 217 Å². The average molecular weight is 535 g/mol. The molecule has 0 spiro atoms. The van der Waals surface area contributed by atoms with Gasteiger partial charge in [0.1, 0.15) is 12.1 Å². The summed E-state index contributed by atoms with van der Waals surface area (Å²) < 4.78 is 0. The van der Waals surface area contributed by atoms with E-state index in [-0.39, 0.29) is 24.3 Å². The lowest BCUT2D eigenvalue weighted by Crippen LogP contribution is -2.50. The van der Waals surface area contributed by atoms with Crippen molar-refractivity contribution in [3.63, 3.8) is 0 Å². The molecule has 8 N–H and O–H groups in total. The van der Waals surface area contributed by atoms with Gasteiger partial charge >= 0.3 is 11.9 Å². The van der Waals surface area contributed by atoms with Gasteiger partial charge in [-0.05, 0) is 11.1 Å². The van der Waals surface area contributed by atoms with Crippen LogP contribution in [0.15, 0.2) is 60.7 Å². The first-order valence-electron chi connectivity index (χ1n) is 11.1. The molecule has 0 saturated carbocycles. The predicted molar refractivity (Wildman–Crippen MR) is 140 cm³/mol. The topological polar surface area (TPSA) is 185 Å². The number of carbonyl (C=O) groups is 4. The second-order valence-corrected chi connectivity index (χ2v) is 10.5. The van der Waals surface area contributed by atoms with E-state index in [0.29, 0.717) is 0 Å². The zero-order valence-electron chi connectivity index (χ0n) is 19.4. The summed E-state index contributed by atoms with van der Waals surface area (Å²) in [4.78, 5) is 47.8. The highest BCUT2D eigenvalue weighted by Crippen LogP contribution is 2.22. The molecule has 0 heterocycles. The number of carbonyl (C=O) groups excluding carboxylic acids is 2. The highest BCUT2D eigenvalue weighted by Gasteiger charge is 2.25. The third kappa shape index (κ3) is 10.3.